The number of benzene rings is 3. The maximum atomic E-state index is 13.4. The van der Waals surface area contributed by atoms with Crippen molar-refractivity contribution in [1.29, 1.82) is 0 Å². The molecule has 170 valence electrons. The van der Waals surface area contributed by atoms with Gasteiger partial charge in [-0.3, -0.25) is 14.6 Å². The minimum Gasteiger partial charge on any atom is -0.324 e. The lowest BCUT2D eigenvalue weighted by Gasteiger charge is -2.38. The van der Waals surface area contributed by atoms with Crippen molar-refractivity contribution in [2.24, 2.45) is 0 Å². The number of rotatable bonds is 7. The van der Waals surface area contributed by atoms with Gasteiger partial charge in [0, 0.05) is 43.4 Å². The highest BCUT2D eigenvalue weighted by Gasteiger charge is 2.30. The van der Waals surface area contributed by atoms with Gasteiger partial charge in [-0.25, -0.2) is 0 Å². The van der Waals surface area contributed by atoms with E-state index in [1.807, 2.05) is 61.5 Å². The van der Waals surface area contributed by atoms with E-state index in [9.17, 15) is 4.79 Å². The zero-order chi connectivity index (χ0) is 23.0. The molecule has 1 aliphatic heterocycles. The topological polar surface area (TPSA) is 35.6 Å². The fourth-order valence-electron chi connectivity index (χ4n) is 4.15. The van der Waals surface area contributed by atoms with E-state index in [2.05, 4.69) is 51.5 Å². The van der Waals surface area contributed by atoms with Crippen LogP contribution in [-0.4, -0.2) is 48.4 Å². The van der Waals surface area contributed by atoms with E-state index in [-0.39, 0.29) is 11.9 Å². The monoisotopic (exact) mass is 459 g/mol. The van der Waals surface area contributed by atoms with Gasteiger partial charge >= 0.3 is 0 Å². The molecule has 1 atom stereocenters. The minimum atomic E-state index is -0.340. The van der Waals surface area contributed by atoms with Gasteiger partial charge in [0.05, 0.1) is 0 Å². The fraction of sp³-hybridized carbons (Fsp3) is 0.250. The van der Waals surface area contributed by atoms with Gasteiger partial charge < -0.3 is 5.32 Å². The largest absolute Gasteiger partial charge is 0.324 e. The second-order valence-corrected chi connectivity index (χ2v) is 8.82. The van der Waals surface area contributed by atoms with Crippen LogP contribution in [0, 0.1) is 6.92 Å². The van der Waals surface area contributed by atoms with Crippen molar-refractivity contribution in [3.05, 3.63) is 107 Å². The summed E-state index contributed by atoms with van der Waals surface area (Å²) in [6, 6.07) is 25.7. The number of nitrogens with zero attached hydrogens (tertiary/aromatic N) is 2. The van der Waals surface area contributed by atoms with E-state index < -0.39 is 0 Å². The number of hydrogen-bond acceptors (Lipinski definition) is 3. The predicted molar refractivity (Wildman–Crippen MR) is 137 cm³/mol. The van der Waals surface area contributed by atoms with Gasteiger partial charge in [-0.15, -0.1) is 0 Å². The van der Waals surface area contributed by atoms with Crippen LogP contribution in [0.2, 0.25) is 5.02 Å². The first-order valence-corrected chi connectivity index (χ1v) is 11.8. The van der Waals surface area contributed by atoms with Crippen LogP contribution in [0.15, 0.2) is 84.9 Å². The van der Waals surface area contributed by atoms with Gasteiger partial charge in [0.15, 0.2) is 0 Å². The lowest BCUT2D eigenvalue weighted by molar-refractivity contribution is -0.122. The van der Waals surface area contributed by atoms with E-state index in [4.69, 9.17) is 11.6 Å². The van der Waals surface area contributed by atoms with Crippen molar-refractivity contribution >= 4 is 29.3 Å². The molecule has 4 nitrogen and oxygen atoms in total. The molecule has 3 aromatic rings. The molecule has 1 heterocycles. The summed E-state index contributed by atoms with van der Waals surface area (Å²) >= 11 is 6.27. The van der Waals surface area contributed by atoms with Gasteiger partial charge in [0.1, 0.15) is 6.04 Å². The highest BCUT2D eigenvalue weighted by Crippen LogP contribution is 2.26. The van der Waals surface area contributed by atoms with Crippen LogP contribution in [0.3, 0.4) is 0 Å². The fourth-order valence-corrected chi connectivity index (χ4v) is 4.33. The lowest BCUT2D eigenvalue weighted by Crippen LogP contribution is -2.50. The zero-order valence-corrected chi connectivity index (χ0v) is 19.7. The van der Waals surface area contributed by atoms with Gasteiger partial charge in [-0.05, 0) is 35.7 Å². The molecule has 0 aromatic heterocycles. The summed E-state index contributed by atoms with van der Waals surface area (Å²) in [7, 11) is 0. The number of aryl methyl sites for hydroxylation is 1. The number of anilines is 1. The molecule has 5 heteroatoms. The number of carbonyl (C=O) groups is 1. The van der Waals surface area contributed by atoms with Crippen LogP contribution in [0.1, 0.15) is 22.7 Å². The van der Waals surface area contributed by atoms with Crippen LogP contribution >= 0.6 is 11.6 Å². The first-order valence-electron chi connectivity index (χ1n) is 11.4. The SMILES string of the molecule is Cc1ccc(NC(=O)C(c2ccccc2)N2CCN(C/C=C/c3ccccc3)CC2)cc1Cl. The lowest BCUT2D eigenvalue weighted by atomic mass is 10.0. The summed E-state index contributed by atoms with van der Waals surface area (Å²) in [6.07, 6.45) is 4.38. The molecule has 33 heavy (non-hydrogen) atoms. The predicted octanol–water partition coefficient (Wildman–Crippen LogP) is 5.66. The van der Waals surface area contributed by atoms with E-state index >= 15 is 0 Å². The molecule has 1 aliphatic rings. The second kappa shape index (κ2) is 11.3. The molecule has 0 radical (unpaired) electrons. The number of halogens is 1. The zero-order valence-electron chi connectivity index (χ0n) is 19.0. The molecule has 1 amide bonds. The normalized spacial score (nSPS) is 16.1. The molecule has 0 aliphatic carbocycles. The third-order valence-corrected chi connectivity index (χ3v) is 6.46. The van der Waals surface area contributed by atoms with E-state index in [1.165, 1.54) is 5.56 Å². The van der Waals surface area contributed by atoms with Crippen molar-refractivity contribution in [3.63, 3.8) is 0 Å². The Morgan fingerprint density at radius 3 is 2.30 bits per heavy atom. The average Bonchev–Trinajstić information content (AvgIpc) is 2.84. The summed E-state index contributed by atoms with van der Waals surface area (Å²) in [6.45, 7) is 6.38. The van der Waals surface area contributed by atoms with Crippen LogP contribution in [0.25, 0.3) is 6.08 Å². The van der Waals surface area contributed by atoms with Gasteiger partial charge in [-0.2, -0.15) is 0 Å². The van der Waals surface area contributed by atoms with E-state index in [0.29, 0.717) is 5.02 Å². The first kappa shape index (κ1) is 23.2. The Kier molecular flexibility index (Phi) is 7.95. The molecule has 1 fully saturated rings. The van der Waals surface area contributed by atoms with Crippen molar-refractivity contribution in [2.75, 3.05) is 38.0 Å². The number of hydrogen-bond donors (Lipinski definition) is 1. The van der Waals surface area contributed by atoms with Crippen LogP contribution in [-0.2, 0) is 4.79 Å². The average molecular weight is 460 g/mol. The molecule has 1 N–H and O–H groups in total. The van der Waals surface area contributed by atoms with Gasteiger partial charge in [-0.1, -0.05) is 90.5 Å². The Morgan fingerprint density at radius 1 is 0.970 bits per heavy atom. The third-order valence-electron chi connectivity index (χ3n) is 6.05. The van der Waals surface area contributed by atoms with Crippen molar-refractivity contribution in [2.45, 2.75) is 13.0 Å². The Hall–Kier alpha value is -2.92. The van der Waals surface area contributed by atoms with E-state index in [1.54, 1.807) is 0 Å². The molecular weight excluding hydrogens is 430 g/mol. The number of nitrogens with one attached hydrogen (secondary N) is 1. The highest BCUT2D eigenvalue weighted by molar-refractivity contribution is 6.31. The molecule has 0 spiro atoms. The standard InChI is InChI=1S/C28H30ClN3O/c1-22-14-15-25(21-26(22)29)30-28(33)27(24-12-6-3-7-13-24)32-19-17-31(18-20-32)16-8-11-23-9-4-2-5-10-23/h2-15,21,27H,16-20H2,1H3,(H,30,33)/b11-8+. The summed E-state index contributed by atoms with van der Waals surface area (Å²) in [5.74, 6) is -0.0291. The Morgan fingerprint density at radius 2 is 1.64 bits per heavy atom. The molecule has 3 aromatic carbocycles. The molecule has 0 saturated carbocycles. The maximum absolute atomic E-state index is 13.4. The minimum absolute atomic E-state index is 0.0291. The third kappa shape index (κ3) is 6.32. The van der Waals surface area contributed by atoms with Crippen molar-refractivity contribution < 1.29 is 4.79 Å². The molecule has 0 bridgehead atoms. The molecule has 1 saturated heterocycles. The Balaban J connectivity index is 1.41. The van der Waals surface area contributed by atoms with Crippen molar-refractivity contribution in [3.8, 4) is 0 Å². The van der Waals surface area contributed by atoms with Crippen LogP contribution in [0.5, 0.6) is 0 Å². The Labute approximate surface area is 201 Å². The molecular formula is C28H30ClN3O. The quantitative estimate of drug-likeness (QED) is 0.495. The van der Waals surface area contributed by atoms with Crippen LogP contribution in [0.4, 0.5) is 5.69 Å². The van der Waals surface area contributed by atoms with E-state index in [0.717, 1.165) is 49.5 Å². The van der Waals surface area contributed by atoms with Gasteiger partial charge in [0.25, 0.3) is 0 Å². The molecule has 4 rings (SSSR count). The first-order chi connectivity index (χ1) is 16.1. The summed E-state index contributed by atoms with van der Waals surface area (Å²) in [4.78, 5) is 18.1. The smallest absolute Gasteiger partial charge is 0.246 e. The van der Waals surface area contributed by atoms with Crippen molar-refractivity contribution in [1.82, 2.24) is 9.80 Å². The highest BCUT2D eigenvalue weighted by atomic mass is 35.5. The maximum Gasteiger partial charge on any atom is 0.246 e. The second-order valence-electron chi connectivity index (χ2n) is 8.42. The number of carbonyl (C=O) groups excluding carboxylic acids is 1. The Bertz CT molecular complexity index is 1080. The number of amides is 1. The number of piperazine rings is 1. The van der Waals surface area contributed by atoms with Gasteiger partial charge in [0.2, 0.25) is 5.91 Å². The summed E-state index contributed by atoms with van der Waals surface area (Å²) in [5.41, 5.74) is 3.94. The summed E-state index contributed by atoms with van der Waals surface area (Å²) < 4.78 is 0. The van der Waals surface area contributed by atoms with Crippen LogP contribution < -0.4 is 5.32 Å². The summed E-state index contributed by atoms with van der Waals surface area (Å²) in [5, 5.41) is 3.73. The molecule has 1 unspecified atom stereocenters.